The van der Waals surface area contributed by atoms with Crippen LogP contribution in [0.25, 0.3) is 0 Å². The van der Waals surface area contributed by atoms with Crippen molar-refractivity contribution in [3.05, 3.63) is 11.6 Å². The van der Waals surface area contributed by atoms with Crippen molar-refractivity contribution in [2.75, 3.05) is 6.61 Å². The fourth-order valence-electron chi connectivity index (χ4n) is 9.25. The van der Waals surface area contributed by atoms with Gasteiger partial charge in [-0.05, 0) is 110 Å². The second kappa shape index (κ2) is 8.96. The van der Waals surface area contributed by atoms with Gasteiger partial charge in [0.1, 0.15) is 0 Å². The maximum atomic E-state index is 12.1. The first-order valence-corrected chi connectivity index (χ1v) is 13.6. The minimum Gasteiger partial charge on any atom is -0.396 e. The summed E-state index contributed by atoms with van der Waals surface area (Å²) in [5.41, 5.74) is 2.32. The molecule has 0 spiro atoms. The quantitative estimate of drug-likeness (QED) is 0.465. The van der Waals surface area contributed by atoms with Gasteiger partial charge in [-0.15, -0.1) is 0 Å². The molecule has 4 aliphatic carbocycles. The number of ketones is 1. The van der Waals surface area contributed by atoms with E-state index in [9.17, 15) is 9.90 Å². The van der Waals surface area contributed by atoms with E-state index in [4.69, 9.17) is 0 Å². The summed E-state index contributed by atoms with van der Waals surface area (Å²) in [6.07, 6.45) is 15.9. The van der Waals surface area contributed by atoms with Gasteiger partial charge in [-0.2, -0.15) is 0 Å². The Labute approximate surface area is 191 Å². The van der Waals surface area contributed by atoms with E-state index in [0.29, 0.717) is 35.1 Å². The molecule has 0 bridgehead atoms. The third-order valence-corrected chi connectivity index (χ3v) is 11.3. The highest BCUT2D eigenvalue weighted by molar-refractivity contribution is 5.91. The van der Waals surface area contributed by atoms with E-state index < -0.39 is 0 Å². The van der Waals surface area contributed by atoms with Gasteiger partial charge in [-0.1, -0.05) is 53.0 Å². The molecule has 1 N–H and O–H groups in total. The van der Waals surface area contributed by atoms with Gasteiger partial charge in [0.15, 0.2) is 5.78 Å². The standard InChI is InChI=1S/C29H48O2/c1-6-21(20(3)18-30)8-7-19(2)25-11-12-26-24-10-9-22-17-23(31)13-15-28(22,4)27(24)14-16-29(25,26)5/h17,19-21,24-27,30H,6-16,18H2,1-5H3/t19-,20?,21?,24+,25-,26+,27+,28+,29-/m1/s1. The van der Waals surface area contributed by atoms with Crippen LogP contribution in [0.5, 0.6) is 0 Å². The minimum atomic E-state index is 0.302. The number of aliphatic hydroxyl groups is 1. The van der Waals surface area contributed by atoms with E-state index >= 15 is 0 Å². The van der Waals surface area contributed by atoms with Crippen LogP contribution in [-0.4, -0.2) is 17.5 Å². The summed E-state index contributed by atoms with van der Waals surface area (Å²) < 4.78 is 0. The Morgan fingerprint density at radius 3 is 2.52 bits per heavy atom. The smallest absolute Gasteiger partial charge is 0.155 e. The maximum absolute atomic E-state index is 12.1. The van der Waals surface area contributed by atoms with Crippen LogP contribution in [0, 0.1) is 52.3 Å². The van der Waals surface area contributed by atoms with Crippen LogP contribution in [0.2, 0.25) is 0 Å². The van der Waals surface area contributed by atoms with E-state index in [2.05, 4.69) is 34.6 Å². The van der Waals surface area contributed by atoms with Crippen molar-refractivity contribution < 1.29 is 9.90 Å². The summed E-state index contributed by atoms with van der Waals surface area (Å²) in [7, 11) is 0. The van der Waals surface area contributed by atoms with Crippen molar-refractivity contribution in [3.8, 4) is 0 Å². The molecule has 0 aromatic carbocycles. The Bertz CT molecular complexity index is 695. The number of fused-ring (bicyclic) bond motifs is 5. The monoisotopic (exact) mass is 428 g/mol. The Morgan fingerprint density at radius 1 is 1.03 bits per heavy atom. The molecule has 4 aliphatic rings. The van der Waals surface area contributed by atoms with E-state index in [1.54, 1.807) is 0 Å². The molecule has 176 valence electrons. The number of allylic oxidation sites excluding steroid dienone is 1. The first-order chi connectivity index (χ1) is 14.7. The summed E-state index contributed by atoms with van der Waals surface area (Å²) in [6, 6.07) is 0. The van der Waals surface area contributed by atoms with Gasteiger partial charge in [0.2, 0.25) is 0 Å². The number of carbonyl (C=O) groups excluding carboxylic acids is 1. The Morgan fingerprint density at radius 2 is 1.81 bits per heavy atom. The number of aliphatic hydroxyl groups excluding tert-OH is 1. The van der Waals surface area contributed by atoms with E-state index in [1.807, 2.05) is 6.08 Å². The van der Waals surface area contributed by atoms with Crippen LogP contribution in [0.4, 0.5) is 0 Å². The third-order valence-electron chi connectivity index (χ3n) is 11.3. The van der Waals surface area contributed by atoms with E-state index in [0.717, 1.165) is 42.4 Å². The average molecular weight is 429 g/mol. The molecule has 0 radical (unpaired) electrons. The van der Waals surface area contributed by atoms with Gasteiger partial charge in [0, 0.05) is 13.0 Å². The van der Waals surface area contributed by atoms with E-state index in [-0.39, 0.29) is 0 Å². The lowest BCUT2D eigenvalue weighted by molar-refractivity contribution is -0.117. The van der Waals surface area contributed by atoms with Crippen LogP contribution in [0.1, 0.15) is 105 Å². The van der Waals surface area contributed by atoms with Crippen LogP contribution < -0.4 is 0 Å². The normalized spacial score (nSPS) is 42.8. The zero-order valence-electron chi connectivity index (χ0n) is 21.0. The van der Waals surface area contributed by atoms with Gasteiger partial charge in [-0.3, -0.25) is 4.79 Å². The number of hydrogen-bond donors (Lipinski definition) is 1. The summed E-state index contributed by atoms with van der Waals surface area (Å²) >= 11 is 0. The second-order valence-electron chi connectivity index (χ2n) is 12.6. The van der Waals surface area contributed by atoms with Crippen molar-refractivity contribution in [1.82, 2.24) is 0 Å². The number of carbonyl (C=O) groups is 1. The topological polar surface area (TPSA) is 37.3 Å². The van der Waals surface area contributed by atoms with Gasteiger partial charge in [-0.25, -0.2) is 0 Å². The molecule has 2 nitrogen and oxygen atoms in total. The highest BCUT2D eigenvalue weighted by Gasteiger charge is 2.59. The van der Waals surface area contributed by atoms with Crippen molar-refractivity contribution >= 4 is 5.78 Å². The lowest BCUT2D eigenvalue weighted by atomic mass is 9.46. The molecule has 0 amide bonds. The van der Waals surface area contributed by atoms with E-state index in [1.165, 1.54) is 63.4 Å². The van der Waals surface area contributed by atoms with Crippen molar-refractivity contribution in [2.24, 2.45) is 52.3 Å². The summed E-state index contributed by atoms with van der Waals surface area (Å²) in [5, 5.41) is 9.61. The maximum Gasteiger partial charge on any atom is 0.155 e. The van der Waals surface area contributed by atoms with Crippen molar-refractivity contribution in [2.45, 2.75) is 105 Å². The summed E-state index contributed by atoms with van der Waals surface area (Å²) in [5.74, 6) is 5.74. The molecule has 0 saturated heterocycles. The molecule has 4 rings (SSSR count). The zero-order valence-corrected chi connectivity index (χ0v) is 21.0. The second-order valence-corrected chi connectivity index (χ2v) is 12.6. The lowest BCUT2D eigenvalue weighted by Crippen LogP contribution is -2.51. The molecule has 2 heteroatoms. The Hall–Kier alpha value is -0.630. The molecule has 0 aromatic heterocycles. The fourth-order valence-corrected chi connectivity index (χ4v) is 9.25. The molecule has 31 heavy (non-hydrogen) atoms. The molecular formula is C29H48O2. The fraction of sp³-hybridized carbons (Fsp3) is 0.897. The SMILES string of the molecule is CCC(CC[C@@H](C)[C@H]1CC[C@H]2[C@@H]3CCC4=CC(=O)CC[C@]4(C)[C@H]3CC[C@]12C)C(C)CO. The Balaban J connectivity index is 1.46. The first kappa shape index (κ1) is 23.5. The van der Waals surface area contributed by atoms with Crippen LogP contribution in [-0.2, 0) is 4.79 Å². The molecule has 0 heterocycles. The van der Waals surface area contributed by atoms with Gasteiger partial charge < -0.3 is 5.11 Å². The first-order valence-electron chi connectivity index (χ1n) is 13.6. The van der Waals surface area contributed by atoms with Crippen molar-refractivity contribution in [1.29, 1.82) is 0 Å². The molecule has 0 aromatic rings. The molecule has 3 fully saturated rings. The summed E-state index contributed by atoms with van der Waals surface area (Å²) in [4.78, 5) is 12.1. The Kier molecular flexibility index (Phi) is 6.80. The highest BCUT2D eigenvalue weighted by atomic mass is 16.3. The number of rotatable bonds is 7. The van der Waals surface area contributed by atoms with Gasteiger partial charge in [0.05, 0.1) is 0 Å². The minimum absolute atomic E-state index is 0.302. The largest absolute Gasteiger partial charge is 0.396 e. The molecule has 9 atom stereocenters. The van der Waals surface area contributed by atoms with Gasteiger partial charge >= 0.3 is 0 Å². The zero-order chi connectivity index (χ0) is 22.4. The number of hydrogen-bond acceptors (Lipinski definition) is 2. The molecule has 2 unspecified atom stereocenters. The average Bonchev–Trinajstić information content (AvgIpc) is 3.11. The van der Waals surface area contributed by atoms with Crippen LogP contribution in [0.15, 0.2) is 11.6 Å². The molecule has 3 saturated carbocycles. The van der Waals surface area contributed by atoms with Crippen LogP contribution in [0.3, 0.4) is 0 Å². The summed E-state index contributed by atoms with van der Waals surface area (Å²) in [6.45, 7) is 12.6. The van der Waals surface area contributed by atoms with Gasteiger partial charge in [0.25, 0.3) is 0 Å². The highest BCUT2D eigenvalue weighted by Crippen LogP contribution is 2.67. The third kappa shape index (κ3) is 3.98. The predicted octanol–water partition coefficient (Wildman–Crippen LogP) is 7.21. The molecule has 0 aliphatic heterocycles. The lowest BCUT2D eigenvalue weighted by Gasteiger charge is -2.58. The van der Waals surface area contributed by atoms with Crippen molar-refractivity contribution in [3.63, 3.8) is 0 Å². The molecular weight excluding hydrogens is 380 g/mol. The van der Waals surface area contributed by atoms with Crippen LogP contribution >= 0.6 is 0 Å². The predicted molar refractivity (Wildman–Crippen MR) is 129 cm³/mol.